The van der Waals surface area contributed by atoms with Crippen LogP contribution in [0.25, 0.3) is 11.3 Å². The smallest absolute Gasteiger partial charge is 0.267 e. The van der Waals surface area contributed by atoms with Gasteiger partial charge in [0.05, 0.1) is 33.1 Å². The van der Waals surface area contributed by atoms with E-state index in [0.717, 1.165) is 16.0 Å². The van der Waals surface area contributed by atoms with Gasteiger partial charge in [0.1, 0.15) is 24.7 Å². The van der Waals surface area contributed by atoms with E-state index in [1.165, 1.54) is 6.07 Å². The van der Waals surface area contributed by atoms with Gasteiger partial charge in [-0.3, -0.25) is 9.59 Å². The van der Waals surface area contributed by atoms with Gasteiger partial charge < -0.3 is 24.3 Å². The Hall–Kier alpha value is -4.01. The first-order chi connectivity index (χ1) is 16.0. The summed E-state index contributed by atoms with van der Waals surface area (Å²) in [4.78, 5) is 24.5. The van der Waals surface area contributed by atoms with Gasteiger partial charge in [0.15, 0.2) is 11.5 Å². The molecule has 1 amide bonds. The minimum absolute atomic E-state index is 0.205. The molecule has 0 spiro atoms. The number of nitrogens with zero attached hydrogens (tertiary/aromatic N) is 2. The maximum atomic E-state index is 12.3. The largest absolute Gasteiger partial charge is 0.494 e. The highest BCUT2D eigenvalue weighted by atomic mass is 16.5. The molecule has 9 nitrogen and oxygen atoms in total. The maximum Gasteiger partial charge on any atom is 0.267 e. The predicted octanol–water partition coefficient (Wildman–Crippen LogP) is 2.52. The van der Waals surface area contributed by atoms with Crippen molar-refractivity contribution in [1.82, 2.24) is 15.1 Å². The first-order valence-corrected chi connectivity index (χ1v) is 10.5. The lowest BCUT2D eigenvalue weighted by atomic mass is 10.1. The SMILES string of the molecule is CCOc1ccc(OCCNC(=O)Cn2nc(-c3ccc(OC)c(OC)c3)ccc2=O)cc1. The van der Waals surface area contributed by atoms with E-state index < -0.39 is 0 Å². The predicted molar refractivity (Wildman–Crippen MR) is 123 cm³/mol. The van der Waals surface area contributed by atoms with Crippen molar-refractivity contribution in [3.05, 3.63) is 65.0 Å². The van der Waals surface area contributed by atoms with Crippen LogP contribution in [0.3, 0.4) is 0 Å². The fourth-order valence-electron chi connectivity index (χ4n) is 3.06. The van der Waals surface area contributed by atoms with E-state index in [0.29, 0.717) is 29.5 Å². The fourth-order valence-corrected chi connectivity index (χ4v) is 3.06. The van der Waals surface area contributed by atoms with Crippen LogP contribution in [0, 0.1) is 0 Å². The molecule has 1 aromatic heterocycles. The van der Waals surface area contributed by atoms with Crippen LogP contribution in [0.4, 0.5) is 0 Å². The lowest BCUT2D eigenvalue weighted by Crippen LogP contribution is -2.35. The van der Waals surface area contributed by atoms with Crippen molar-refractivity contribution in [2.24, 2.45) is 0 Å². The van der Waals surface area contributed by atoms with Gasteiger partial charge in [-0.05, 0) is 55.5 Å². The molecule has 3 aromatic rings. The molecule has 174 valence electrons. The average molecular weight is 453 g/mol. The quantitative estimate of drug-likeness (QED) is 0.445. The van der Waals surface area contributed by atoms with Crippen LogP contribution in [0.15, 0.2) is 59.4 Å². The van der Waals surface area contributed by atoms with Crippen LogP contribution in [-0.2, 0) is 11.3 Å². The Kier molecular flexibility index (Phi) is 8.29. The molecular weight excluding hydrogens is 426 g/mol. The minimum Gasteiger partial charge on any atom is -0.494 e. The highest BCUT2D eigenvalue weighted by Gasteiger charge is 2.11. The van der Waals surface area contributed by atoms with Gasteiger partial charge in [-0.25, -0.2) is 4.68 Å². The molecule has 0 saturated heterocycles. The highest BCUT2D eigenvalue weighted by molar-refractivity contribution is 5.75. The van der Waals surface area contributed by atoms with Crippen LogP contribution in [-0.4, -0.2) is 49.7 Å². The summed E-state index contributed by atoms with van der Waals surface area (Å²) < 4.78 is 22.7. The topological polar surface area (TPSA) is 101 Å². The van der Waals surface area contributed by atoms with Crippen molar-refractivity contribution in [2.45, 2.75) is 13.5 Å². The zero-order valence-electron chi connectivity index (χ0n) is 18.9. The molecule has 0 atom stereocenters. The Morgan fingerprint density at radius 3 is 2.30 bits per heavy atom. The molecule has 9 heteroatoms. The van der Waals surface area contributed by atoms with Crippen molar-refractivity contribution in [1.29, 1.82) is 0 Å². The zero-order chi connectivity index (χ0) is 23.6. The molecule has 0 aliphatic heterocycles. The van der Waals surface area contributed by atoms with E-state index in [1.807, 2.05) is 19.1 Å². The second-order valence-corrected chi connectivity index (χ2v) is 6.89. The van der Waals surface area contributed by atoms with E-state index in [2.05, 4.69) is 10.4 Å². The van der Waals surface area contributed by atoms with Gasteiger partial charge in [0.25, 0.3) is 5.56 Å². The standard InChI is InChI=1S/C24H27N3O6/c1-4-32-18-6-8-19(9-7-18)33-14-13-25-23(28)16-27-24(29)12-10-20(26-27)17-5-11-21(30-2)22(15-17)31-3/h5-12,15H,4,13-14,16H2,1-3H3,(H,25,28). The minimum atomic E-state index is -0.375. The average Bonchev–Trinajstić information content (AvgIpc) is 2.84. The number of ether oxygens (including phenoxy) is 4. The molecule has 0 radical (unpaired) electrons. The van der Waals surface area contributed by atoms with Gasteiger partial charge in [-0.1, -0.05) is 0 Å². The van der Waals surface area contributed by atoms with E-state index in [-0.39, 0.29) is 31.2 Å². The molecule has 3 rings (SSSR count). The van der Waals surface area contributed by atoms with E-state index in [4.69, 9.17) is 18.9 Å². The molecule has 0 bridgehead atoms. The molecule has 0 fully saturated rings. The second kappa shape index (κ2) is 11.6. The Bertz CT molecular complexity index is 1130. The summed E-state index contributed by atoms with van der Waals surface area (Å²) in [5, 5.41) is 7.04. The van der Waals surface area contributed by atoms with Gasteiger partial charge in [-0.2, -0.15) is 5.10 Å². The van der Waals surface area contributed by atoms with Crippen molar-refractivity contribution < 1.29 is 23.7 Å². The molecule has 33 heavy (non-hydrogen) atoms. The normalized spacial score (nSPS) is 10.4. The van der Waals surface area contributed by atoms with Crippen molar-refractivity contribution >= 4 is 5.91 Å². The summed E-state index contributed by atoms with van der Waals surface area (Å²) in [6.45, 7) is 2.89. The van der Waals surface area contributed by atoms with Crippen molar-refractivity contribution in [2.75, 3.05) is 34.0 Å². The fraction of sp³-hybridized carbons (Fsp3) is 0.292. The Morgan fingerprint density at radius 1 is 0.939 bits per heavy atom. The molecule has 0 aliphatic carbocycles. The second-order valence-electron chi connectivity index (χ2n) is 6.89. The summed E-state index contributed by atoms with van der Waals surface area (Å²) in [6, 6.07) is 15.5. The van der Waals surface area contributed by atoms with Crippen LogP contribution in [0.1, 0.15) is 6.92 Å². The molecule has 2 aromatic carbocycles. The monoisotopic (exact) mass is 453 g/mol. The number of amides is 1. The Labute approximate surface area is 191 Å². The number of benzene rings is 2. The number of methoxy groups -OCH3 is 2. The number of hydrogen-bond donors (Lipinski definition) is 1. The molecule has 1 heterocycles. The number of carbonyl (C=O) groups excluding carboxylic acids is 1. The lowest BCUT2D eigenvalue weighted by molar-refractivity contribution is -0.122. The van der Waals surface area contributed by atoms with Crippen LogP contribution >= 0.6 is 0 Å². The molecule has 0 saturated carbocycles. The Balaban J connectivity index is 1.56. The van der Waals surface area contributed by atoms with E-state index >= 15 is 0 Å². The molecule has 0 aliphatic rings. The van der Waals surface area contributed by atoms with Gasteiger partial charge in [-0.15, -0.1) is 0 Å². The van der Waals surface area contributed by atoms with Crippen molar-refractivity contribution in [3.8, 4) is 34.3 Å². The highest BCUT2D eigenvalue weighted by Crippen LogP contribution is 2.31. The first-order valence-electron chi connectivity index (χ1n) is 10.5. The number of hydrogen-bond acceptors (Lipinski definition) is 7. The third-order valence-corrected chi connectivity index (χ3v) is 4.67. The maximum absolute atomic E-state index is 12.3. The molecule has 1 N–H and O–H groups in total. The number of nitrogens with one attached hydrogen (secondary N) is 1. The summed E-state index contributed by atoms with van der Waals surface area (Å²) >= 11 is 0. The summed E-state index contributed by atoms with van der Waals surface area (Å²) in [6.07, 6.45) is 0. The summed E-state index contributed by atoms with van der Waals surface area (Å²) in [5.74, 6) is 2.23. The van der Waals surface area contributed by atoms with E-state index in [1.54, 1.807) is 50.6 Å². The summed E-state index contributed by atoms with van der Waals surface area (Å²) in [5.41, 5.74) is 0.882. The van der Waals surface area contributed by atoms with E-state index in [9.17, 15) is 9.59 Å². The molecular formula is C24H27N3O6. The first kappa shape index (κ1) is 23.6. The van der Waals surface area contributed by atoms with Crippen LogP contribution < -0.4 is 29.8 Å². The zero-order valence-corrected chi connectivity index (χ0v) is 18.9. The number of carbonyl (C=O) groups is 1. The van der Waals surface area contributed by atoms with Gasteiger partial charge in [0.2, 0.25) is 5.91 Å². The third kappa shape index (κ3) is 6.49. The third-order valence-electron chi connectivity index (χ3n) is 4.67. The van der Waals surface area contributed by atoms with Crippen LogP contribution in [0.2, 0.25) is 0 Å². The van der Waals surface area contributed by atoms with Gasteiger partial charge >= 0.3 is 0 Å². The number of aromatic nitrogens is 2. The van der Waals surface area contributed by atoms with Crippen LogP contribution in [0.5, 0.6) is 23.0 Å². The van der Waals surface area contributed by atoms with Crippen molar-refractivity contribution in [3.63, 3.8) is 0 Å². The van der Waals surface area contributed by atoms with Gasteiger partial charge in [0, 0.05) is 11.6 Å². The number of rotatable bonds is 11. The Morgan fingerprint density at radius 2 is 1.64 bits per heavy atom. The lowest BCUT2D eigenvalue weighted by Gasteiger charge is -2.11. The summed E-state index contributed by atoms with van der Waals surface area (Å²) in [7, 11) is 3.09. The molecule has 0 unspecified atom stereocenters.